The fraction of sp³-hybridized carbons (Fsp3) is 0.438. The van der Waals surface area contributed by atoms with E-state index in [0.717, 1.165) is 61.8 Å². The van der Waals surface area contributed by atoms with E-state index in [-0.39, 0.29) is 11.8 Å². The first-order valence-corrected chi connectivity index (χ1v) is 14.7. The average molecular weight is 541 g/mol. The number of carbonyl (C=O) groups excluding carboxylic acids is 2. The number of amides is 2. The van der Waals surface area contributed by atoms with Gasteiger partial charge in [0.1, 0.15) is 6.33 Å². The Morgan fingerprint density at radius 2 is 1.00 bits per heavy atom. The molecule has 0 bridgehead atoms. The van der Waals surface area contributed by atoms with Gasteiger partial charge in [-0.3, -0.25) is 9.59 Å². The summed E-state index contributed by atoms with van der Waals surface area (Å²) in [6, 6.07) is 17.0. The predicted molar refractivity (Wildman–Crippen MR) is 158 cm³/mol. The van der Waals surface area contributed by atoms with Crippen molar-refractivity contribution in [1.29, 1.82) is 0 Å². The van der Waals surface area contributed by atoms with Crippen molar-refractivity contribution in [2.45, 2.75) is 38.5 Å². The summed E-state index contributed by atoms with van der Waals surface area (Å²) in [4.78, 5) is 38.9. The molecular formula is C32H40N6O2. The normalized spacial score (nSPS) is 16.4. The molecule has 40 heavy (non-hydrogen) atoms. The van der Waals surface area contributed by atoms with Crippen molar-refractivity contribution in [2.24, 2.45) is 0 Å². The number of nitrogens with zero attached hydrogens (tertiary/aromatic N) is 4. The third kappa shape index (κ3) is 7.73. The van der Waals surface area contributed by atoms with E-state index >= 15 is 0 Å². The fourth-order valence-corrected chi connectivity index (χ4v) is 5.48. The van der Waals surface area contributed by atoms with Crippen molar-refractivity contribution in [3.8, 4) is 22.5 Å². The van der Waals surface area contributed by atoms with Crippen LogP contribution in [0, 0.1) is 0 Å². The van der Waals surface area contributed by atoms with E-state index < -0.39 is 0 Å². The first-order valence-electron chi connectivity index (χ1n) is 14.7. The molecule has 0 aliphatic carbocycles. The number of hydrogen-bond donors (Lipinski definition) is 2. The van der Waals surface area contributed by atoms with Crippen molar-refractivity contribution >= 4 is 11.8 Å². The molecule has 2 saturated heterocycles. The Hall–Kier alpha value is -3.62. The summed E-state index contributed by atoms with van der Waals surface area (Å²) < 4.78 is 0. The molecule has 8 heteroatoms. The van der Waals surface area contributed by atoms with Gasteiger partial charge in [0.25, 0.3) is 11.8 Å². The number of carbonyl (C=O) groups is 2. The Labute approximate surface area is 237 Å². The van der Waals surface area contributed by atoms with Crippen molar-refractivity contribution in [2.75, 3.05) is 52.4 Å². The molecule has 2 aliphatic rings. The molecule has 3 aromatic rings. The van der Waals surface area contributed by atoms with Gasteiger partial charge in [-0.1, -0.05) is 37.1 Å². The SMILES string of the molecule is O=C(NCCN1CCCCC1)c1ccc(-c2cc(-c3ccc(C(=O)NCCN4CCCCC4)cc3)ncn2)cc1. The standard InChI is InChI=1S/C32H40N6O2/c39-31(33-15-21-37-17-3-1-4-18-37)27-11-7-25(8-12-27)29-23-30(36-24-35-29)26-9-13-28(14-10-26)32(40)34-16-22-38-19-5-2-6-20-38/h7-14,23-24H,1-6,15-22H2,(H,33,39)(H,34,40). The Bertz CT molecular complexity index is 1150. The number of nitrogens with one attached hydrogen (secondary N) is 2. The zero-order valence-electron chi connectivity index (χ0n) is 23.3. The molecule has 2 amide bonds. The summed E-state index contributed by atoms with van der Waals surface area (Å²) in [5, 5.41) is 6.08. The number of piperidine rings is 2. The quantitative estimate of drug-likeness (QED) is 0.400. The molecule has 2 N–H and O–H groups in total. The molecule has 3 heterocycles. The molecule has 210 valence electrons. The fourth-order valence-electron chi connectivity index (χ4n) is 5.48. The van der Waals surface area contributed by atoms with Crippen molar-refractivity contribution in [3.63, 3.8) is 0 Å². The van der Waals surface area contributed by atoms with Crippen LogP contribution in [0.1, 0.15) is 59.2 Å². The number of aromatic nitrogens is 2. The minimum Gasteiger partial charge on any atom is -0.351 e. The Morgan fingerprint density at radius 3 is 1.40 bits per heavy atom. The average Bonchev–Trinajstić information content (AvgIpc) is 3.02. The van der Waals surface area contributed by atoms with Crippen molar-refractivity contribution in [1.82, 2.24) is 30.4 Å². The van der Waals surface area contributed by atoms with E-state index in [9.17, 15) is 9.59 Å². The van der Waals surface area contributed by atoms with Crippen LogP contribution < -0.4 is 10.6 Å². The predicted octanol–water partition coefficient (Wildman–Crippen LogP) is 4.24. The van der Waals surface area contributed by atoms with Gasteiger partial charge in [-0.2, -0.15) is 0 Å². The van der Waals surface area contributed by atoms with Crippen LogP contribution in [0.5, 0.6) is 0 Å². The van der Waals surface area contributed by atoms with Gasteiger partial charge >= 0.3 is 0 Å². The molecule has 0 radical (unpaired) electrons. The van der Waals surface area contributed by atoms with Crippen LogP contribution in [-0.2, 0) is 0 Å². The molecule has 2 aromatic carbocycles. The summed E-state index contributed by atoms with van der Waals surface area (Å²) in [7, 11) is 0. The molecule has 0 spiro atoms. The maximum atomic E-state index is 12.6. The highest BCUT2D eigenvalue weighted by molar-refractivity contribution is 5.95. The van der Waals surface area contributed by atoms with Gasteiger partial charge in [0.2, 0.25) is 0 Å². The Kier molecular flexibility index (Phi) is 9.87. The van der Waals surface area contributed by atoms with Crippen LogP contribution in [0.3, 0.4) is 0 Å². The number of hydrogen-bond acceptors (Lipinski definition) is 6. The molecule has 0 saturated carbocycles. The minimum atomic E-state index is -0.0532. The summed E-state index contributed by atoms with van der Waals surface area (Å²) >= 11 is 0. The van der Waals surface area contributed by atoms with E-state index in [4.69, 9.17) is 0 Å². The number of rotatable bonds is 10. The Morgan fingerprint density at radius 1 is 0.600 bits per heavy atom. The number of likely N-dealkylation sites (tertiary alicyclic amines) is 2. The van der Waals surface area contributed by atoms with Crippen molar-refractivity contribution in [3.05, 3.63) is 72.1 Å². The lowest BCUT2D eigenvalue weighted by Crippen LogP contribution is -2.37. The largest absolute Gasteiger partial charge is 0.351 e. The maximum Gasteiger partial charge on any atom is 0.251 e. The highest BCUT2D eigenvalue weighted by Crippen LogP contribution is 2.23. The van der Waals surface area contributed by atoms with Crippen LogP contribution >= 0.6 is 0 Å². The lowest BCUT2D eigenvalue weighted by molar-refractivity contribution is 0.0938. The van der Waals surface area contributed by atoms with Gasteiger partial charge in [-0.25, -0.2) is 9.97 Å². The van der Waals surface area contributed by atoms with Gasteiger partial charge in [-0.05, 0) is 82.2 Å². The van der Waals surface area contributed by atoms with Crippen LogP contribution in [0.2, 0.25) is 0 Å². The van der Waals surface area contributed by atoms with Crippen LogP contribution in [0.4, 0.5) is 0 Å². The van der Waals surface area contributed by atoms with Gasteiger partial charge in [-0.15, -0.1) is 0 Å². The van der Waals surface area contributed by atoms with E-state index in [1.54, 1.807) is 6.33 Å². The first-order chi connectivity index (χ1) is 19.7. The van der Waals surface area contributed by atoms with Gasteiger partial charge in [0.05, 0.1) is 11.4 Å². The highest BCUT2D eigenvalue weighted by atomic mass is 16.2. The van der Waals surface area contributed by atoms with Gasteiger partial charge in [0.15, 0.2) is 0 Å². The van der Waals surface area contributed by atoms with E-state index in [1.165, 1.54) is 38.5 Å². The van der Waals surface area contributed by atoms with E-state index in [0.29, 0.717) is 24.2 Å². The minimum absolute atomic E-state index is 0.0532. The van der Waals surface area contributed by atoms with E-state index in [2.05, 4.69) is 30.4 Å². The second-order valence-electron chi connectivity index (χ2n) is 10.8. The molecular weight excluding hydrogens is 500 g/mol. The molecule has 8 nitrogen and oxygen atoms in total. The zero-order valence-corrected chi connectivity index (χ0v) is 23.3. The molecule has 0 atom stereocenters. The molecule has 2 fully saturated rings. The molecule has 0 unspecified atom stereocenters. The van der Waals surface area contributed by atoms with Crippen molar-refractivity contribution < 1.29 is 9.59 Å². The molecule has 2 aliphatic heterocycles. The third-order valence-corrected chi connectivity index (χ3v) is 7.88. The lowest BCUT2D eigenvalue weighted by Gasteiger charge is -2.26. The smallest absolute Gasteiger partial charge is 0.251 e. The van der Waals surface area contributed by atoms with Gasteiger partial charge < -0.3 is 20.4 Å². The summed E-state index contributed by atoms with van der Waals surface area (Å²) in [5.41, 5.74) is 4.67. The summed E-state index contributed by atoms with van der Waals surface area (Å²) in [6.45, 7) is 7.64. The summed E-state index contributed by atoms with van der Waals surface area (Å²) in [6.07, 6.45) is 9.18. The second-order valence-corrected chi connectivity index (χ2v) is 10.8. The van der Waals surface area contributed by atoms with Crippen LogP contribution in [0.25, 0.3) is 22.5 Å². The number of benzene rings is 2. The second kappa shape index (κ2) is 14.1. The Balaban J connectivity index is 1.14. The monoisotopic (exact) mass is 540 g/mol. The van der Waals surface area contributed by atoms with E-state index in [1.807, 2.05) is 54.6 Å². The van der Waals surface area contributed by atoms with Gasteiger partial charge in [0, 0.05) is 48.4 Å². The third-order valence-electron chi connectivity index (χ3n) is 7.88. The summed E-state index contributed by atoms with van der Waals surface area (Å²) in [5.74, 6) is -0.106. The highest BCUT2D eigenvalue weighted by Gasteiger charge is 2.13. The topological polar surface area (TPSA) is 90.5 Å². The lowest BCUT2D eigenvalue weighted by atomic mass is 10.0. The van der Waals surface area contributed by atoms with Crippen LogP contribution in [0.15, 0.2) is 60.9 Å². The van der Waals surface area contributed by atoms with Crippen LogP contribution in [-0.4, -0.2) is 83.9 Å². The zero-order chi connectivity index (χ0) is 27.6. The molecule has 1 aromatic heterocycles. The maximum absolute atomic E-state index is 12.6. The first kappa shape index (κ1) is 27.9. The molecule has 5 rings (SSSR count).